The highest BCUT2D eigenvalue weighted by molar-refractivity contribution is 14.1. The molecule has 0 aliphatic carbocycles. The number of methoxy groups -OCH3 is 2. The average Bonchev–Trinajstić information content (AvgIpc) is 2.35. The fourth-order valence-electron chi connectivity index (χ4n) is 1.72. The second-order valence-electron chi connectivity index (χ2n) is 3.75. The first kappa shape index (κ1) is 15.3. The van der Waals surface area contributed by atoms with Crippen LogP contribution in [0.4, 0.5) is 4.39 Å². The maximum Gasteiger partial charge on any atom is 0.217 e. The number of primary amides is 1. The van der Waals surface area contributed by atoms with E-state index in [2.05, 4.69) is 22.6 Å². The van der Waals surface area contributed by atoms with Gasteiger partial charge >= 0.3 is 0 Å². The van der Waals surface area contributed by atoms with Gasteiger partial charge in [0.2, 0.25) is 5.91 Å². The van der Waals surface area contributed by atoms with E-state index < -0.39 is 11.7 Å². The Hall–Kier alpha value is -0.730. The van der Waals surface area contributed by atoms with Gasteiger partial charge in [-0.25, -0.2) is 4.39 Å². The molecule has 0 aliphatic heterocycles. The maximum absolute atomic E-state index is 13.3. The van der Waals surface area contributed by atoms with Gasteiger partial charge in [-0.2, -0.15) is 0 Å². The van der Waals surface area contributed by atoms with E-state index in [0.29, 0.717) is 5.56 Å². The monoisotopic (exact) mass is 367 g/mol. The summed E-state index contributed by atoms with van der Waals surface area (Å²) in [6.07, 6.45) is 0.322. The van der Waals surface area contributed by atoms with Gasteiger partial charge in [-0.1, -0.05) is 0 Å². The Morgan fingerprint density at radius 1 is 1.44 bits per heavy atom. The van der Waals surface area contributed by atoms with E-state index in [0.717, 1.165) is 3.57 Å². The lowest BCUT2D eigenvalue weighted by Crippen LogP contribution is -2.33. The molecule has 1 aromatic carbocycles. The van der Waals surface area contributed by atoms with Crippen LogP contribution in [0, 0.1) is 9.39 Å². The van der Waals surface area contributed by atoms with Crippen molar-refractivity contribution < 1.29 is 18.7 Å². The average molecular weight is 367 g/mol. The first-order chi connectivity index (χ1) is 8.45. The van der Waals surface area contributed by atoms with Crippen LogP contribution in [0.25, 0.3) is 0 Å². The molecule has 1 amide bonds. The SMILES string of the molecule is COC(CCC(N)=O)(OC)c1cc(F)ccc1I. The predicted octanol–water partition coefficient (Wildman–Crippen LogP) is 2.14. The molecule has 0 spiro atoms. The van der Waals surface area contributed by atoms with Gasteiger partial charge in [0.05, 0.1) is 0 Å². The van der Waals surface area contributed by atoms with E-state index in [1.807, 2.05) is 0 Å². The van der Waals surface area contributed by atoms with Gasteiger partial charge in [-0.05, 0) is 40.8 Å². The minimum atomic E-state index is -1.16. The van der Waals surface area contributed by atoms with Gasteiger partial charge in [0.25, 0.3) is 0 Å². The zero-order valence-corrected chi connectivity index (χ0v) is 12.4. The second kappa shape index (κ2) is 6.44. The first-order valence-electron chi connectivity index (χ1n) is 5.29. The largest absolute Gasteiger partial charge is 0.370 e. The summed E-state index contributed by atoms with van der Waals surface area (Å²) in [6, 6.07) is 4.33. The minimum Gasteiger partial charge on any atom is -0.370 e. The molecule has 0 atom stereocenters. The molecule has 100 valence electrons. The summed E-state index contributed by atoms with van der Waals surface area (Å²) in [5.74, 6) is -2.00. The third-order valence-corrected chi connectivity index (χ3v) is 3.64. The van der Waals surface area contributed by atoms with Crippen molar-refractivity contribution >= 4 is 28.5 Å². The van der Waals surface area contributed by atoms with E-state index >= 15 is 0 Å². The molecule has 0 radical (unpaired) electrons. The van der Waals surface area contributed by atoms with Crippen molar-refractivity contribution in [2.24, 2.45) is 5.73 Å². The zero-order chi connectivity index (χ0) is 13.8. The lowest BCUT2D eigenvalue weighted by atomic mass is 10.00. The summed E-state index contributed by atoms with van der Waals surface area (Å²) >= 11 is 2.06. The number of ether oxygens (including phenoxy) is 2. The lowest BCUT2D eigenvalue weighted by molar-refractivity contribution is -0.221. The van der Waals surface area contributed by atoms with Crippen LogP contribution in [0.15, 0.2) is 18.2 Å². The maximum atomic E-state index is 13.3. The topological polar surface area (TPSA) is 61.5 Å². The summed E-state index contributed by atoms with van der Waals surface area (Å²) in [5.41, 5.74) is 5.68. The summed E-state index contributed by atoms with van der Waals surface area (Å²) in [6.45, 7) is 0. The summed E-state index contributed by atoms with van der Waals surface area (Å²) in [7, 11) is 2.90. The van der Waals surface area contributed by atoms with E-state index in [-0.39, 0.29) is 18.7 Å². The zero-order valence-electron chi connectivity index (χ0n) is 10.2. The number of hydrogen-bond acceptors (Lipinski definition) is 3. The van der Waals surface area contributed by atoms with Crippen molar-refractivity contribution in [2.45, 2.75) is 18.6 Å². The molecule has 0 aliphatic rings. The van der Waals surface area contributed by atoms with Crippen LogP contribution in [0.5, 0.6) is 0 Å². The Kier molecular flexibility index (Phi) is 5.48. The highest BCUT2D eigenvalue weighted by atomic mass is 127. The molecule has 0 fully saturated rings. The molecular weight excluding hydrogens is 352 g/mol. The van der Waals surface area contributed by atoms with Gasteiger partial charge in [-0.15, -0.1) is 0 Å². The van der Waals surface area contributed by atoms with Crippen molar-refractivity contribution in [1.29, 1.82) is 0 Å². The van der Waals surface area contributed by atoms with Crippen LogP contribution in [-0.2, 0) is 20.1 Å². The predicted molar refractivity (Wildman–Crippen MR) is 73.2 cm³/mol. The fraction of sp³-hybridized carbons (Fsp3) is 0.417. The fourth-order valence-corrected chi connectivity index (χ4v) is 2.47. The van der Waals surface area contributed by atoms with Gasteiger partial charge < -0.3 is 15.2 Å². The van der Waals surface area contributed by atoms with Crippen LogP contribution < -0.4 is 5.73 Å². The van der Waals surface area contributed by atoms with Crippen LogP contribution in [-0.4, -0.2) is 20.1 Å². The van der Waals surface area contributed by atoms with Crippen molar-refractivity contribution in [1.82, 2.24) is 0 Å². The first-order valence-corrected chi connectivity index (χ1v) is 6.37. The summed E-state index contributed by atoms with van der Waals surface area (Å²) < 4.78 is 24.9. The number of carbonyl (C=O) groups excluding carboxylic acids is 1. The molecule has 0 saturated heterocycles. The van der Waals surface area contributed by atoms with Crippen molar-refractivity contribution in [2.75, 3.05) is 14.2 Å². The van der Waals surface area contributed by atoms with Crippen molar-refractivity contribution in [3.05, 3.63) is 33.1 Å². The number of carbonyl (C=O) groups is 1. The van der Waals surface area contributed by atoms with E-state index in [1.165, 1.54) is 26.4 Å². The lowest BCUT2D eigenvalue weighted by Gasteiger charge is -2.32. The number of halogens is 2. The van der Waals surface area contributed by atoms with E-state index in [9.17, 15) is 9.18 Å². The Bertz CT molecular complexity index is 435. The normalized spacial score (nSPS) is 11.6. The van der Waals surface area contributed by atoms with Gasteiger partial charge in [0, 0.05) is 36.2 Å². The Morgan fingerprint density at radius 3 is 2.56 bits per heavy atom. The molecule has 0 unspecified atom stereocenters. The van der Waals surface area contributed by atoms with Crippen LogP contribution >= 0.6 is 22.6 Å². The minimum absolute atomic E-state index is 0.0915. The molecule has 2 N–H and O–H groups in total. The van der Waals surface area contributed by atoms with Gasteiger partial charge in [-0.3, -0.25) is 4.79 Å². The molecule has 1 rings (SSSR count). The summed E-state index contributed by atoms with van der Waals surface area (Å²) in [5, 5.41) is 0. The number of amides is 1. The highest BCUT2D eigenvalue weighted by Crippen LogP contribution is 2.34. The van der Waals surface area contributed by atoms with Crippen LogP contribution in [0.3, 0.4) is 0 Å². The molecule has 6 heteroatoms. The number of hydrogen-bond donors (Lipinski definition) is 1. The van der Waals surface area contributed by atoms with Crippen molar-refractivity contribution in [3.8, 4) is 0 Å². The number of nitrogens with two attached hydrogens (primary N) is 1. The second-order valence-corrected chi connectivity index (χ2v) is 4.91. The Morgan fingerprint density at radius 2 is 2.06 bits per heavy atom. The number of benzene rings is 1. The Labute approximate surface area is 119 Å². The van der Waals surface area contributed by atoms with E-state index in [4.69, 9.17) is 15.2 Å². The van der Waals surface area contributed by atoms with E-state index in [1.54, 1.807) is 6.07 Å². The summed E-state index contributed by atoms with van der Waals surface area (Å²) in [4.78, 5) is 10.9. The van der Waals surface area contributed by atoms with Gasteiger partial charge in [0.15, 0.2) is 5.79 Å². The van der Waals surface area contributed by atoms with Crippen LogP contribution in [0.2, 0.25) is 0 Å². The number of rotatable bonds is 6. The van der Waals surface area contributed by atoms with Crippen LogP contribution in [0.1, 0.15) is 18.4 Å². The molecule has 0 heterocycles. The quantitative estimate of drug-likeness (QED) is 0.619. The molecule has 18 heavy (non-hydrogen) atoms. The molecule has 0 bridgehead atoms. The van der Waals surface area contributed by atoms with Crippen molar-refractivity contribution in [3.63, 3.8) is 0 Å². The highest BCUT2D eigenvalue weighted by Gasteiger charge is 2.34. The molecule has 1 aromatic rings. The third kappa shape index (κ3) is 3.39. The molecule has 4 nitrogen and oxygen atoms in total. The standard InChI is InChI=1S/C12H15FINO3/c1-17-12(18-2,6-5-11(15)16)9-7-8(13)3-4-10(9)14/h3-4,7H,5-6H2,1-2H3,(H2,15,16). The van der Waals surface area contributed by atoms with Gasteiger partial charge in [0.1, 0.15) is 5.82 Å². The molecule has 0 aromatic heterocycles. The molecule has 0 saturated carbocycles. The third-order valence-electron chi connectivity index (χ3n) is 2.70. The molecular formula is C12H15FINO3. The Balaban J connectivity index is 3.16. The smallest absolute Gasteiger partial charge is 0.217 e.